The molecule has 2 unspecified atom stereocenters. The highest BCUT2D eigenvalue weighted by Crippen LogP contribution is 2.33. The Morgan fingerprint density at radius 2 is 1.90 bits per heavy atom. The number of aliphatic hydroxyl groups excluding tert-OH is 1. The van der Waals surface area contributed by atoms with Crippen LogP contribution in [0.4, 0.5) is 0 Å². The van der Waals surface area contributed by atoms with Crippen molar-refractivity contribution in [3.8, 4) is 0 Å². The predicted molar refractivity (Wildman–Crippen MR) is 90.1 cm³/mol. The molecule has 1 aromatic carbocycles. The smallest absolute Gasteiger partial charge is 0.0621 e. The van der Waals surface area contributed by atoms with Gasteiger partial charge in [-0.25, -0.2) is 0 Å². The van der Waals surface area contributed by atoms with E-state index in [1.54, 1.807) is 12.1 Å². The van der Waals surface area contributed by atoms with Gasteiger partial charge in [0.05, 0.1) is 6.10 Å². The van der Waals surface area contributed by atoms with Gasteiger partial charge in [0, 0.05) is 22.5 Å². The third-order valence-electron chi connectivity index (χ3n) is 4.68. The molecule has 118 valence electrons. The summed E-state index contributed by atoms with van der Waals surface area (Å²) in [4.78, 5) is 0. The number of aliphatic hydroxyl groups is 1. The average molecular weight is 330 g/mol. The Labute approximate surface area is 137 Å². The van der Waals surface area contributed by atoms with Crippen molar-refractivity contribution in [3.63, 3.8) is 0 Å². The SMILES string of the molecule is NCC(c1ccc(Cl)cc1Cl)C(O)CCC1CCCCC1. The van der Waals surface area contributed by atoms with Crippen molar-refractivity contribution in [3.05, 3.63) is 33.8 Å². The fourth-order valence-electron chi connectivity index (χ4n) is 3.38. The van der Waals surface area contributed by atoms with Gasteiger partial charge in [-0.1, -0.05) is 61.4 Å². The molecule has 3 N–H and O–H groups in total. The summed E-state index contributed by atoms with van der Waals surface area (Å²) in [5, 5.41) is 11.7. The van der Waals surface area contributed by atoms with Crippen molar-refractivity contribution in [1.29, 1.82) is 0 Å². The van der Waals surface area contributed by atoms with Gasteiger partial charge in [0.25, 0.3) is 0 Å². The first-order chi connectivity index (χ1) is 10.1. The molecule has 0 aromatic heterocycles. The quantitative estimate of drug-likeness (QED) is 0.790. The predicted octanol–water partition coefficient (Wildman–Crippen LogP) is 4.76. The number of rotatable bonds is 6. The lowest BCUT2D eigenvalue weighted by Crippen LogP contribution is -2.27. The molecule has 2 rings (SSSR count). The standard InChI is InChI=1S/C17H25Cl2NO/c18-13-7-8-14(16(19)10-13)15(11-20)17(21)9-6-12-4-2-1-3-5-12/h7-8,10,12,15,17,21H,1-6,9,11,20H2. The monoisotopic (exact) mass is 329 g/mol. The van der Waals surface area contributed by atoms with Gasteiger partial charge in [0.15, 0.2) is 0 Å². The second kappa shape index (κ2) is 8.38. The first-order valence-corrected chi connectivity index (χ1v) is 8.70. The molecule has 1 saturated carbocycles. The summed E-state index contributed by atoms with van der Waals surface area (Å²) in [7, 11) is 0. The van der Waals surface area contributed by atoms with E-state index in [1.807, 2.05) is 6.07 Å². The molecular formula is C17H25Cl2NO. The highest BCUT2D eigenvalue weighted by Gasteiger charge is 2.23. The normalized spacial score (nSPS) is 19.4. The second-order valence-electron chi connectivity index (χ2n) is 6.16. The number of benzene rings is 1. The Morgan fingerprint density at radius 3 is 2.52 bits per heavy atom. The van der Waals surface area contributed by atoms with Gasteiger partial charge in [-0.05, 0) is 36.5 Å². The molecule has 4 heteroatoms. The van der Waals surface area contributed by atoms with Gasteiger partial charge < -0.3 is 10.8 Å². The van der Waals surface area contributed by atoms with Gasteiger partial charge in [-0.15, -0.1) is 0 Å². The average Bonchev–Trinajstić information content (AvgIpc) is 2.49. The highest BCUT2D eigenvalue weighted by atomic mass is 35.5. The van der Waals surface area contributed by atoms with Crippen LogP contribution < -0.4 is 5.73 Å². The zero-order valence-electron chi connectivity index (χ0n) is 12.4. The summed E-state index contributed by atoms with van der Waals surface area (Å²) < 4.78 is 0. The first-order valence-electron chi connectivity index (χ1n) is 7.95. The zero-order valence-corrected chi connectivity index (χ0v) is 13.9. The van der Waals surface area contributed by atoms with Crippen molar-refractivity contribution < 1.29 is 5.11 Å². The lowest BCUT2D eigenvalue weighted by Gasteiger charge is -2.26. The van der Waals surface area contributed by atoms with Crippen molar-refractivity contribution in [2.45, 2.75) is 57.0 Å². The number of hydrogen-bond donors (Lipinski definition) is 2. The zero-order chi connectivity index (χ0) is 15.2. The highest BCUT2D eigenvalue weighted by molar-refractivity contribution is 6.35. The number of hydrogen-bond acceptors (Lipinski definition) is 2. The molecule has 21 heavy (non-hydrogen) atoms. The molecule has 1 aliphatic carbocycles. The minimum Gasteiger partial charge on any atom is -0.392 e. The van der Waals surface area contributed by atoms with Crippen molar-refractivity contribution in [2.24, 2.45) is 11.7 Å². The van der Waals surface area contributed by atoms with Crippen LogP contribution in [0.3, 0.4) is 0 Å². The van der Waals surface area contributed by atoms with Gasteiger partial charge in [0.1, 0.15) is 0 Å². The Morgan fingerprint density at radius 1 is 1.19 bits per heavy atom. The Balaban J connectivity index is 1.95. The molecule has 0 aliphatic heterocycles. The summed E-state index contributed by atoms with van der Waals surface area (Å²) in [6.45, 7) is 0.396. The number of halogens is 2. The first kappa shape index (κ1) is 17.1. The number of nitrogens with two attached hydrogens (primary N) is 1. The van der Waals surface area contributed by atoms with E-state index >= 15 is 0 Å². The van der Waals surface area contributed by atoms with Gasteiger partial charge in [-0.3, -0.25) is 0 Å². The van der Waals surface area contributed by atoms with Crippen molar-refractivity contribution in [2.75, 3.05) is 6.54 Å². The van der Waals surface area contributed by atoms with Gasteiger partial charge in [-0.2, -0.15) is 0 Å². The third-order valence-corrected chi connectivity index (χ3v) is 5.24. The molecule has 0 radical (unpaired) electrons. The fraction of sp³-hybridized carbons (Fsp3) is 0.647. The maximum absolute atomic E-state index is 10.5. The summed E-state index contributed by atoms with van der Waals surface area (Å²) in [5.41, 5.74) is 6.77. The van der Waals surface area contributed by atoms with Crippen molar-refractivity contribution in [1.82, 2.24) is 0 Å². The molecular weight excluding hydrogens is 305 g/mol. The van der Waals surface area contributed by atoms with Crippen LogP contribution >= 0.6 is 23.2 Å². The molecule has 0 saturated heterocycles. The molecule has 0 heterocycles. The van der Waals surface area contributed by atoms with E-state index in [1.165, 1.54) is 32.1 Å². The Kier molecular flexibility index (Phi) is 6.81. The van der Waals surface area contributed by atoms with Crippen LogP contribution in [0.15, 0.2) is 18.2 Å². The minimum atomic E-state index is -0.435. The van der Waals surface area contributed by atoms with Crippen LogP contribution in [0.25, 0.3) is 0 Å². The second-order valence-corrected chi connectivity index (χ2v) is 7.00. The van der Waals surface area contributed by atoms with Crippen molar-refractivity contribution >= 4 is 23.2 Å². The molecule has 1 aromatic rings. The molecule has 1 aliphatic rings. The maximum Gasteiger partial charge on any atom is 0.0621 e. The largest absolute Gasteiger partial charge is 0.392 e. The Hall–Kier alpha value is -0.280. The minimum absolute atomic E-state index is 0.113. The van der Waals surface area contributed by atoms with E-state index in [4.69, 9.17) is 28.9 Å². The van der Waals surface area contributed by atoms with Crippen LogP contribution in [-0.2, 0) is 0 Å². The van der Waals surface area contributed by atoms with Crippen LogP contribution in [0.5, 0.6) is 0 Å². The molecule has 2 atom stereocenters. The Bertz CT molecular complexity index is 446. The fourth-order valence-corrected chi connectivity index (χ4v) is 3.93. The van der Waals surface area contributed by atoms with Crippen LogP contribution in [-0.4, -0.2) is 17.8 Å². The lowest BCUT2D eigenvalue weighted by atomic mass is 9.83. The van der Waals surface area contributed by atoms with E-state index in [0.29, 0.717) is 16.6 Å². The lowest BCUT2D eigenvalue weighted by molar-refractivity contribution is 0.123. The molecule has 0 amide bonds. The van der Waals surface area contributed by atoms with E-state index in [-0.39, 0.29) is 5.92 Å². The van der Waals surface area contributed by atoms with E-state index in [0.717, 1.165) is 24.3 Å². The van der Waals surface area contributed by atoms with Crippen LogP contribution in [0.1, 0.15) is 56.4 Å². The summed E-state index contributed by atoms with van der Waals surface area (Å²) in [6.07, 6.45) is 8.10. The summed E-state index contributed by atoms with van der Waals surface area (Å²) in [5.74, 6) is 0.658. The third kappa shape index (κ3) is 4.85. The van der Waals surface area contributed by atoms with Gasteiger partial charge >= 0.3 is 0 Å². The molecule has 0 spiro atoms. The van der Waals surface area contributed by atoms with Crippen LogP contribution in [0.2, 0.25) is 10.0 Å². The van der Waals surface area contributed by atoms with Gasteiger partial charge in [0.2, 0.25) is 0 Å². The van der Waals surface area contributed by atoms with E-state index in [2.05, 4.69) is 0 Å². The summed E-state index contributed by atoms with van der Waals surface area (Å²) >= 11 is 12.2. The molecule has 1 fully saturated rings. The topological polar surface area (TPSA) is 46.2 Å². The summed E-state index contributed by atoms with van der Waals surface area (Å²) in [6, 6.07) is 5.40. The molecule has 0 bridgehead atoms. The molecule has 2 nitrogen and oxygen atoms in total. The van der Waals surface area contributed by atoms with E-state index in [9.17, 15) is 5.11 Å². The van der Waals surface area contributed by atoms with Crippen LogP contribution in [0, 0.1) is 5.92 Å². The maximum atomic E-state index is 10.5. The van der Waals surface area contributed by atoms with E-state index < -0.39 is 6.10 Å².